The number of rotatable bonds is 7. The van der Waals surface area contributed by atoms with E-state index in [-0.39, 0.29) is 29.8 Å². The average Bonchev–Trinajstić information content (AvgIpc) is 2.61. The number of pyridine rings is 1. The molecule has 0 unspecified atom stereocenters. The van der Waals surface area contributed by atoms with Gasteiger partial charge in [0.25, 0.3) is 0 Å². The third-order valence-corrected chi connectivity index (χ3v) is 3.58. The summed E-state index contributed by atoms with van der Waals surface area (Å²) in [4.78, 5) is 8.75. The van der Waals surface area contributed by atoms with Crippen LogP contribution in [0.15, 0.2) is 41.5 Å². The summed E-state index contributed by atoms with van der Waals surface area (Å²) in [6.07, 6.45) is 1.71. The molecule has 0 aliphatic rings. The summed E-state index contributed by atoms with van der Waals surface area (Å²) in [5, 5.41) is 6.44. The van der Waals surface area contributed by atoms with E-state index in [2.05, 4.69) is 20.6 Å². The molecule has 1 aromatic carbocycles. The van der Waals surface area contributed by atoms with Crippen LogP contribution in [0.1, 0.15) is 30.5 Å². The Labute approximate surface area is 171 Å². The van der Waals surface area contributed by atoms with Gasteiger partial charge in [0, 0.05) is 24.8 Å². The number of hydrogen-bond donors (Lipinski definition) is 2. The zero-order valence-corrected chi connectivity index (χ0v) is 17.7. The fourth-order valence-electron chi connectivity index (χ4n) is 2.25. The van der Waals surface area contributed by atoms with Gasteiger partial charge in [-0.05, 0) is 44.0 Å². The quantitative estimate of drug-likeness (QED) is 0.366. The first kappa shape index (κ1) is 22.1. The third-order valence-electron chi connectivity index (χ3n) is 3.58. The minimum atomic E-state index is -0.206. The highest BCUT2D eigenvalue weighted by molar-refractivity contribution is 14.0. The van der Waals surface area contributed by atoms with Gasteiger partial charge in [0.1, 0.15) is 5.82 Å². The van der Waals surface area contributed by atoms with Crippen LogP contribution in [0, 0.1) is 12.7 Å². The first-order chi connectivity index (χ1) is 12.1. The number of hydrogen-bond acceptors (Lipinski definition) is 3. The minimum Gasteiger partial charge on any atom is -0.478 e. The molecule has 2 aromatic rings. The highest BCUT2D eigenvalue weighted by Crippen LogP contribution is 2.14. The number of nitrogens with one attached hydrogen (secondary N) is 2. The number of aryl methyl sites for hydroxylation is 1. The van der Waals surface area contributed by atoms with Gasteiger partial charge in [0.05, 0.1) is 13.2 Å². The molecule has 0 saturated heterocycles. The van der Waals surface area contributed by atoms with Crippen LogP contribution in [0.25, 0.3) is 0 Å². The fraction of sp³-hybridized carbons (Fsp3) is 0.368. The van der Waals surface area contributed by atoms with E-state index >= 15 is 0 Å². The number of benzene rings is 1. The summed E-state index contributed by atoms with van der Waals surface area (Å²) in [5.41, 5.74) is 2.42. The Morgan fingerprint density at radius 3 is 2.73 bits per heavy atom. The molecule has 0 saturated carbocycles. The predicted octanol–water partition coefficient (Wildman–Crippen LogP) is 3.80. The Kier molecular flexibility index (Phi) is 9.93. The number of nitrogens with zero attached hydrogens (tertiary/aromatic N) is 2. The van der Waals surface area contributed by atoms with E-state index < -0.39 is 0 Å². The number of ether oxygens (including phenoxy) is 1. The molecule has 0 radical (unpaired) electrons. The van der Waals surface area contributed by atoms with Crippen LogP contribution in [0.2, 0.25) is 0 Å². The summed E-state index contributed by atoms with van der Waals surface area (Å²) >= 11 is 0. The number of halogens is 2. The molecule has 0 fully saturated rings. The second-order valence-corrected chi connectivity index (χ2v) is 5.53. The maximum absolute atomic E-state index is 13.6. The lowest BCUT2D eigenvalue weighted by Gasteiger charge is -2.13. The van der Waals surface area contributed by atoms with Gasteiger partial charge in [-0.1, -0.05) is 18.2 Å². The van der Waals surface area contributed by atoms with Crippen LogP contribution in [-0.2, 0) is 13.1 Å². The second-order valence-electron chi connectivity index (χ2n) is 5.53. The molecule has 1 aromatic heterocycles. The molecule has 142 valence electrons. The molecule has 0 amide bonds. The van der Waals surface area contributed by atoms with Crippen molar-refractivity contribution in [2.75, 3.05) is 13.2 Å². The van der Waals surface area contributed by atoms with Crippen molar-refractivity contribution in [2.45, 2.75) is 33.9 Å². The molecule has 0 spiro atoms. The molecular formula is C19H26FIN4O. The summed E-state index contributed by atoms with van der Waals surface area (Å²) in [6, 6.07) is 9.02. The van der Waals surface area contributed by atoms with Crippen LogP contribution >= 0.6 is 24.0 Å². The van der Waals surface area contributed by atoms with Crippen LogP contribution in [0.5, 0.6) is 5.88 Å². The Bertz CT molecular complexity index is 724. The van der Waals surface area contributed by atoms with E-state index in [0.717, 1.165) is 17.7 Å². The highest BCUT2D eigenvalue weighted by Gasteiger charge is 2.06. The third kappa shape index (κ3) is 6.78. The largest absolute Gasteiger partial charge is 0.478 e. The summed E-state index contributed by atoms with van der Waals surface area (Å²) < 4.78 is 19.2. The molecule has 2 N–H and O–H groups in total. The van der Waals surface area contributed by atoms with Crippen molar-refractivity contribution in [3.63, 3.8) is 0 Å². The van der Waals surface area contributed by atoms with Gasteiger partial charge in [-0.15, -0.1) is 24.0 Å². The fourth-order valence-corrected chi connectivity index (χ4v) is 2.25. The number of guanidine groups is 1. The maximum atomic E-state index is 13.6. The van der Waals surface area contributed by atoms with Crippen molar-refractivity contribution in [1.82, 2.24) is 15.6 Å². The molecule has 2 rings (SSSR count). The lowest BCUT2D eigenvalue weighted by molar-refractivity contribution is 0.322. The van der Waals surface area contributed by atoms with Crippen LogP contribution in [0.3, 0.4) is 0 Å². The summed E-state index contributed by atoms with van der Waals surface area (Å²) in [7, 11) is 0. The van der Waals surface area contributed by atoms with Crippen LogP contribution in [-0.4, -0.2) is 24.1 Å². The summed E-state index contributed by atoms with van der Waals surface area (Å²) in [5.74, 6) is 1.08. The van der Waals surface area contributed by atoms with Crippen molar-refractivity contribution >= 4 is 29.9 Å². The van der Waals surface area contributed by atoms with E-state index in [1.54, 1.807) is 19.2 Å². The molecule has 0 aliphatic heterocycles. The molecule has 7 heteroatoms. The molecule has 0 bridgehead atoms. The minimum absolute atomic E-state index is 0. The first-order valence-electron chi connectivity index (χ1n) is 8.48. The van der Waals surface area contributed by atoms with Gasteiger partial charge in [-0.2, -0.15) is 0 Å². The topological polar surface area (TPSA) is 58.5 Å². The number of aliphatic imine (C=N–C) groups is 1. The van der Waals surface area contributed by atoms with Crippen molar-refractivity contribution < 1.29 is 9.13 Å². The lowest BCUT2D eigenvalue weighted by atomic mass is 10.1. The maximum Gasteiger partial charge on any atom is 0.218 e. The normalized spacial score (nSPS) is 10.8. The zero-order valence-electron chi connectivity index (χ0n) is 15.4. The molecule has 0 aliphatic carbocycles. The van der Waals surface area contributed by atoms with Gasteiger partial charge in [0.15, 0.2) is 5.96 Å². The van der Waals surface area contributed by atoms with Crippen molar-refractivity contribution in [1.29, 1.82) is 0 Å². The molecular weight excluding hydrogens is 446 g/mol. The van der Waals surface area contributed by atoms with Crippen molar-refractivity contribution in [3.8, 4) is 5.88 Å². The van der Waals surface area contributed by atoms with E-state index in [0.29, 0.717) is 37.1 Å². The monoisotopic (exact) mass is 472 g/mol. The van der Waals surface area contributed by atoms with E-state index in [1.807, 2.05) is 32.0 Å². The lowest BCUT2D eigenvalue weighted by Crippen LogP contribution is -2.36. The highest BCUT2D eigenvalue weighted by atomic mass is 127. The predicted molar refractivity (Wildman–Crippen MR) is 114 cm³/mol. The van der Waals surface area contributed by atoms with E-state index in [4.69, 9.17) is 4.74 Å². The Morgan fingerprint density at radius 1 is 1.23 bits per heavy atom. The van der Waals surface area contributed by atoms with E-state index in [1.165, 1.54) is 6.07 Å². The summed E-state index contributed by atoms with van der Waals surface area (Å²) in [6.45, 7) is 7.92. The standard InChI is InChI=1S/C19H25FN4O.HI/c1-4-21-19(23-12-15-9-8-14(3)17(20)11-15)24-13-16-7-6-10-22-18(16)25-5-2;/h6-11H,4-5,12-13H2,1-3H3,(H2,21,23,24);1H. The smallest absolute Gasteiger partial charge is 0.218 e. The van der Waals surface area contributed by atoms with Gasteiger partial charge in [-0.3, -0.25) is 0 Å². The molecule has 0 atom stereocenters. The molecule has 5 nitrogen and oxygen atoms in total. The van der Waals surface area contributed by atoms with Crippen molar-refractivity contribution in [3.05, 3.63) is 59.0 Å². The van der Waals surface area contributed by atoms with Crippen molar-refractivity contribution in [2.24, 2.45) is 4.99 Å². The molecule has 26 heavy (non-hydrogen) atoms. The Hall–Kier alpha value is -1.90. The second kappa shape index (κ2) is 11.7. The van der Waals surface area contributed by atoms with Crippen LogP contribution in [0.4, 0.5) is 4.39 Å². The number of aromatic nitrogens is 1. The van der Waals surface area contributed by atoms with E-state index in [9.17, 15) is 4.39 Å². The van der Waals surface area contributed by atoms with Gasteiger partial charge >= 0.3 is 0 Å². The van der Waals surface area contributed by atoms with Crippen LogP contribution < -0.4 is 15.4 Å². The van der Waals surface area contributed by atoms with Gasteiger partial charge < -0.3 is 15.4 Å². The zero-order chi connectivity index (χ0) is 18.1. The average molecular weight is 472 g/mol. The Morgan fingerprint density at radius 2 is 2.04 bits per heavy atom. The SMILES string of the molecule is CCNC(=NCc1ccc(C)c(F)c1)NCc1cccnc1OCC.I. The van der Waals surface area contributed by atoms with Gasteiger partial charge in [0.2, 0.25) is 5.88 Å². The Balaban J connectivity index is 0.00000338. The molecule has 1 heterocycles. The first-order valence-corrected chi connectivity index (χ1v) is 8.48. The van der Waals surface area contributed by atoms with Gasteiger partial charge in [-0.25, -0.2) is 14.4 Å².